The first kappa shape index (κ1) is 14.6. The lowest BCUT2D eigenvalue weighted by molar-refractivity contribution is 0.580. The maximum Gasteiger partial charge on any atom is 0.241 e. The molecular formula is C9H13Br2NO2S2. The summed E-state index contributed by atoms with van der Waals surface area (Å²) in [5, 5.41) is 0. The minimum atomic E-state index is -3.37. The van der Waals surface area contributed by atoms with Crippen molar-refractivity contribution < 1.29 is 8.42 Å². The third-order valence-electron chi connectivity index (χ3n) is 2.07. The number of thiophene rings is 1. The van der Waals surface area contributed by atoms with E-state index in [1.54, 1.807) is 13.0 Å². The van der Waals surface area contributed by atoms with Crippen LogP contribution in [0.15, 0.2) is 14.7 Å². The van der Waals surface area contributed by atoms with Gasteiger partial charge in [-0.05, 0) is 35.3 Å². The van der Waals surface area contributed by atoms with E-state index in [0.717, 1.165) is 15.1 Å². The van der Waals surface area contributed by atoms with Crippen LogP contribution in [0, 0.1) is 6.92 Å². The van der Waals surface area contributed by atoms with Crippen LogP contribution in [0.2, 0.25) is 0 Å². The molecule has 0 spiro atoms. The molecule has 0 amide bonds. The standard InChI is InChI=1S/C9H13Br2NO2S2/c1-3-7(10)5-12-16(13,14)8-4-9(11)15-6(8)2/h4,7,12H,3,5H2,1-2H3. The van der Waals surface area contributed by atoms with E-state index in [1.807, 2.05) is 6.92 Å². The molecule has 1 atom stereocenters. The van der Waals surface area contributed by atoms with Crippen molar-refractivity contribution in [2.24, 2.45) is 0 Å². The van der Waals surface area contributed by atoms with Gasteiger partial charge < -0.3 is 0 Å². The summed E-state index contributed by atoms with van der Waals surface area (Å²) < 4.78 is 27.3. The average molecular weight is 391 g/mol. The Labute approximate surface area is 117 Å². The van der Waals surface area contributed by atoms with Gasteiger partial charge in [0.1, 0.15) is 0 Å². The van der Waals surface area contributed by atoms with Gasteiger partial charge in [-0.3, -0.25) is 0 Å². The second kappa shape index (κ2) is 5.95. The Kier molecular flexibility index (Phi) is 5.44. The highest BCUT2D eigenvalue weighted by molar-refractivity contribution is 9.11. The van der Waals surface area contributed by atoms with Crippen molar-refractivity contribution in [3.63, 3.8) is 0 Å². The van der Waals surface area contributed by atoms with Crippen LogP contribution < -0.4 is 4.72 Å². The van der Waals surface area contributed by atoms with Crippen molar-refractivity contribution >= 4 is 53.2 Å². The van der Waals surface area contributed by atoms with Crippen molar-refractivity contribution in [3.8, 4) is 0 Å². The highest BCUT2D eigenvalue weighted by Gasteiger charge is 2.19. The van der Waals surface area contributed by atoms with Crippen LogP contribution in [0.4, 0.5) is 0 Å². The fraction of sp³-hybridized carbons (Fsp3) is 0.556. The lowest BCUT2D eigenvalue weighted by Gasteiger charge is -2.09. The van der Waals surface area contributed by atoms with E-state index in [-0.39, 0.29) is 4.83 Å². The molecule has 0 saturated heterocycles. The van der Waals surface area contributed by atoms with E-state index in [9.17, 15) is 8.42 Å². The fourth-order valence-corrected chi connectivity index (χ4v) is 4.99. The average Bonchev–Trinajstić information content (AvgIpc) is 2.55. The minimum absolute atomic E-state index is 0.171. The van der Waals surface area contributed by atoms with Crippen LogP contribution in [0.1, 0.15) is 18.2 Å². The van der Waals surface area contributed by atoms with Gasteiger partial charge in [-0.15, -0.1) is 11.3 Å². The van der Waals surface area contributed by atoms with Gasteiger partial charge in [-0.25, -0.2) is 13.1 Å². The van der Waals surface area contributed by atoms with Crippen LogP contribution in [-0.2, 0) is 10.0 Å². The topological polar surface area (TPSA) is 46.2 Å². The van der Waals surface area contributed by atoms with Crippen molar-refractivity contribution in [1.82, 2.24) is 4.72 Å². The SMILES string of the molecule is CCC(Br)CNS(=O)(=O)c1cc(Br)sc1C. The van der Waals surface area contributed by atoms with Gasteiger partial charge in [0, 0.05) is 16.2 Å². The molecule has 0 aliphatic rings. The Balaban J connectivity index is 2.82. The van der Waals surface area contributed by atoms with Gasteiger partial charge in [0.15, 0.2) is 0 Å². The van der Waals surface area contributed by atoms with Crippen LogP contribution in [0.3, 0.4) is 0 Å². The molecule has 92 valence electrons. The van der Waals surface area contributed by atoms with Gasteiger partial charge in [-0.1, -0.05) is 22.9 Å². The van der Waals surface area contributed by atoms with Crippen molar-refractivity contribution in [1.29, 1.82) is 0 Å². The predicted molar refractivity (Wildman–Crippen MR) is 75.0 cm³/mol. The predicted octanol–water partition coefficient (Wildman–Crippen LogP) is 3.27. The number of sulfonamides is 1. The Morgan fingerprint density at radius 3 is 2.62 bits per heavy atom. The molecule has 0 aliphatic heterocycles. The van der Waals surface area contributed by atoms with E-state index < -0.39 is 10.0 Å². The first-order valence-electron chi connectivity index (χ1n) is 4.76. The highest BCUT2D eigenvalue weighted by Crippen LogP contribution is 2.29. The molecular weight excluding hydrogens is 378 g/mol. The maximum atomic E-state index is 11.9. The van der Waals surface area contributed by atoms with E-state index in [4.69, 9.17) is 0 Å². The Hall–Kier alpha value is 0.570. The number of rotatable bonds is 5. The fourth-order valence-electron chi connectivity index (χ4n) is 1.12. The molecule has 0 radical (unpaired) electrons. The monoisotopic (exact) mass is 389 g/mol. The molecule has 1 N–H and O–H groups in total. The molecule has 1 aromatic rings. The third-order valence-corrected chi connectivity index (χ3v) is 6.27. The highest BCUT2D eigenvalue weighted by atomic mass is 79.9. The molecule has 1 rings (SSSR count). The van der Waals surface area contributed by atoms with Crippen molar-refractivity contribution in [2.75, 3.05) is 6.54 Å². The van der Waals surface area contributed by atoms with Gasteiger partial charge in [0.05, 0.1) is 8.68 Å². The molecule has 1 heterocycles. The molecule has 16 heavy (non-hydrogen) atoms. The molecule has 0 saturated carbocycles. The summed E-state index contributed by atoms with van der Waals surface area (Å²) in [6, 6.07) is 1.64. The Morgan fingerprint density at radius 1 is 1.56 bits per heavy atom. The molecule has 7 heteroatoms. The molecule has 0 bridgehead atoms. The van der Waals surface area contributed by atoms with Crippen LogP contribution in [-0.4, -0.2) is 19.8 Å². The molecule has 1 aromatic heterocycles. The molecule has 1 unspecified atom stereocenters. The van der Waals surface area contributed by atoms with E-state index >= 15 is 0 Å². The summed E-state index contributed by atoms with van der Waals surface area (Å²) in [4.78, 5) is 1.33. The first-order chi connectivity index (χ1) is 7.36. The van der Waals surface area contributed by atoms with Gasteiger partial charge in [0.2, 0.25) is 10.0 Å². The zero-order chi connectivity index (χ0) is 12.3. The molecule has 0 aliphatic carbocycles. The second-order valence-corrected chi connectivity index (χ2v) is 8.99. The number of alkyl halides is 1. The zero-order valence-electron chi connectivity index (χ0n) is 8.96. The number of nitrogens with one attached hydrogen (secondary N) is 1. The second-order valence-electron chi connectivity index (χ2n) is 3.33. The largest absolute Gasteiger partial charge is 0.241 e. The lowest BCUT2D eigenvalue weighted by Crippen LogP contribution is -2.29. The summed E-state index contributed by atoms with van der Waals surface area (Å²) in [6.45, 7) is 4.21. The van der Waals surface area contributed by atoms with Gasteiger partial charge in [0.25, 0.3) is 0 Å². The van der Waals surface area contributed by atoms with Crippen LogP contribution >= 0.6 is 43.2 Å². The summed E-state index contributed by atoms with van der Waals surface area (Å²) in [6.07, 6.45) is 0.884. The lowest BCUT2D eigenvalue weighted by atomic mass is 10.3. The summed E-state index contributed by atoms with van der Waals surface area (Å²) >= 11 is 8.10. The van der Waals surface area contributed by atoms with Crippen molar-refractivity contribution in [2.45, 2.75) is 30.0 Å². The van der Waals surface area contributed by atoms with Gasteiger partial charge >= 0.3 is 0 Å². The Morgan fingerprint density at radius 2 is 2.19 bits per heavy atom. The number of hydrogen-bond acceptors (Lipinski definition) is 3. The number of halogens is 2. The zero-order valence-corrected chi connectivity index (χ0v) is 13.8. The quantitative estimate of drug-likeness (QED) is 0.784. The Bertz CT molecular complexity index is 456. The van der Waals surface area contributed by atoms with E-state index in [2.05, 4.69) is 36.6 Å². The van der Waals surface area contributed by atoms with Gasteiger partial charge in [-0.2, -0.15) is 0 Å². The maximum absolute atomic E-state index is 11.9. The third kappa shape index (κ3) is 3.80. The normalized spacial score (nSPS) is 14.0. The van der Waals surface area contributed by atoms with E-state index in [1.165, 1.54) is 11.3 Å². The molecule has 3 nitrogen and oxygen atoms in total. The number of aryl methyl sites for hydroxylation is 1. The minimum Gasteiger partial charge on any atom is -0.210 e. The first-order valence-corrected chi connectivity index (χ1v) is 8.77. The summed E-state index contributed by atoms with van der Waals surface area (Å²) in [5.41, 5.74) is 0. The van der Waals surface area contributed by atoms with Crippen LogP contribution in [0.5, 0.6) is 0 Å². The summed E-state index contributed by atoms with van der Waals surface area (Å²) in [5.74, 6) is 0. The number of hydrogen-bond donors (Lipinski definition) is 1. The summed E-state index contributed by atoms with van der Waals surface area (Å²) in [7, 11) is -3.37. The molecule has 0 aromatic carbocycles. The smallest absolute Gasteiger partial charge is 0.210 e. The van der Waals surface area contributed by atoms with E-state index in [0.29, 0.717) is 11.4 Å². The molecule has 0 fully saturated rings. The van der Waals surface area contributed by atoms with Crippen LogP contribution in [0.25, 0.3) is 0 Å². The van der Waals surface area contributed by atoms with Crippen molar-refractivity contribution in [3.05, 3.63) is 14.7 Å².